The van der Waals surface area contributed by atoms with Crippen LogP contribution in [-0.4, -0.2) is 11.1 Å². The summed E-state index contributed by atoms with van der Waals surface area (Å²) >= 11 is 6.69. The minimum Gasteiger partial charge on any atom is -0.478 e. The van der Waals surface area contributed by atoms with E-state index in [0.717, 1.165) is 22.7 Å². The molecular weight excluding hydrogens is 360 g/mol. The van der Waals surface area contributed by atoms with Gasteiger partial charge in [0.2, 0.25) is 0 Å². The van der Waals surface area contributed by atoms with E-state index in [-0.39, 0.29) is 0 Å². The Balaban J connectivity index is 3.12. The minimum absolute atomic E-state index is 0.848. The summed E-state index contributed by atoms with van der Waals surface area (Å²) in [5.74, 6) is -0.848. The number of carbonyl (C=O) groups is 1. The largest absolute Gasteiger partial charge is 0.478 e. The van der Waals surface area contributed by atoms with E-state index < -0.39 is 5.97 Å². The maximum atomic E-state index is 10.2. The summed E-state index contributed by atoms with van der Waals surface area (Å²) in [6, 6.07) is 0. The Bertz CT molecular complexity index is 269. The number of carboxylic acids is 1. The van der Waals surface area contributed by atoms with E-state index in [0.29, 0.717) is 0 Å². The van der Waals surface area contributed by atoms with Crippen LogP contribution in [0.4, 0.5) is 0 Å². The molecule has 4 heteroatoms. The first kappa shape index (κ1) is 17.9. The van der Waals surface area contributed by atoms with E-state index in [1.165, 1.54) is 44.6 Å². The quantitative estimate of drug-likeness (QED) is 0.364. The Morgan fingerprint density at radius 2 is 1.39 bits per heavy atom. The average Bonchev–Trinajstić information content (AvgIpc) is 2.29. The molecule has 0 rings (SSSR count). The molecule has 2 nitrogen and oxygen atoms in total. The van der Waals surface area contributed by atoms with Crippen LogP contribution in [0.5, 0.6) is 0 Å². The lowest BCUT2D eigenvalue weighted by molar-refractivity contribution is -0.131. The van der Waals surface area contributed by atoms with Gasteiger partial charge in [0, 0.05) is 6.08 Å². The van der Waals surface area contributed by atoms with Gasteiger partial charge in [-0.15, -0.1) is 0 Å². The number of aliphatic carboxylic acids is 1. The van der Waals surface area contributed by atoms with Gasteiger partial charge in [-0.1, -0.05) is 44.3 Å². The van der Waals surface area contributed by atoms with Gasteiger partial charge in [0.1, 0.15) is 0 Å². The average molecular weight is 382 g/mol. The van der Waals surface area contributed by atoms with E-state index >= 15 is 0 Å². The number of hydrogen-bond acceptors (Lipinski definition) is 1. The van der Waals surface area contributed by atoms with Gasteiger partial charge >= 0.3 is 5.97 Å². The van der Waals surface area contributed by atoms with Gasteiger partial charge in [0.05, 0.1) is 3.39 Å². The molecule has 0 aliphatic carbocycles. The number of hydrogen-bond donors (Lipinski definition) is 1. The van der Waals surface area contributed by atoms with Crippen LogP contribution in [0, 0.1) is 0 Å². The second-order valence-corrected chi connectivity index (χ2v) is 7.06. The summed E-state index contributed by atoms with van der Waals surface area (Å²) in [7, 11) is 0. The van der Waals surface area contributed by atoms with Gasteiger partial charge in [-0.3, -0.25) is 0 Å². The Morgan fingerprint density at radius 3 is 1.89 bits per heavy atom. The summed E-state index contributed by atoms with van der Waals surface area (Å²) < 4.78 is 1.05. The highest BCUT2D eigenvalue weighted by atomic mass is 79.9. The predicted octanol–water partition coefficient (Wildman–Crippen LogP) is 5.77. The molecule has 0 aromatic carbocycles. The Morgan fingerprint density at radius 1 is 0.889 bits per heavy atom. The minimum atomic E-state index is -0.848. The molecule has 0 radical (unpaired) electrons. The third-order valence-corrected chi connectivity index (χ3v) is 3.28. The molecule has 0 spiro atoms. The van der Waals surface area contributed by atoms with Crippen LogP contribution in [-0.2, 0) is 4.79 Å². The van der Waals surface area contributed by atoms with Crippen LogP contribution in [0.3, 0.4) is 0 Å². The highest BCUT2D eigenvalue weighted by molar-refractivity contribution is 9.28. The van der Waals surface area contributed by atoms with Crippen molar-refractivity contribution >= 4 is 37.8 Å². The molecule has 0 unspecified atom stereocenters. The highest BCUT2D eigenvalue weighted by Crippen LogP contribution is 2.16. The van der Waals surface area contributed by atoms with Crippen molar-refractivity contribution < 1.29 is 9.90 Å². The Kier molecular flexibility index (Phi) is 13.3. The lowest BCUT2D eigenvalue weighted by Crippen LogP contribution is -1.85. The van der Waals surface area contributed by atoms with Crippen molar-refractivity contribution in [1.82, 2.24) is 0 Å². The van der Waals surface area contributed by atoms with Crippen LogP contribution < -0.4 is 0 Å². The van der Waals surface area contributed by atoms with Crippen molar-refractivity contribution in [3.05, 3.63) is 21.6 Å². The summed E-state index contributed by atoms with van der Waals surface area (Å²) in [6.45, 7) is 0. The molecule has 0 aromatic heterocycles. The molecule has 104 valence electrons. The fourth-order valence-electron chi connectivity index (χ4n) is 1.69. The highest BCUT2D eigenvalue weighted by Gasteiger charge is 1.92. The summed E-state index contributed by atoms with van der Waals surface area (Å²) in [4.78, 5) is 10.2. The van der Waals surface area contributed by atoms with E-state index in [1.54, 1.807) is 6.08 Å². The molecule has 0 saturated heterocycles. The van der Waals surface area contributed by atoms with E-state index in [9.17, 15) is 4.79 Å². The number of halogens is 2. The van der Waals surface area contributed by atoms with Crippen LogP contribution in [0.25, 0.3) is 0 Å². The fourth-order valence-corrected chi connectivity index (χ4v) is 2.14. The lowest BCUT2D eigenvalue weighted by Gasteiger charge is -2.00. The summed E-state index contributed by atoms with van der Waals surface area (Å²) in [6.07, 6.45) is 15.9. The van der Waals surface area contributed by atoms with Gasteiger partial charge in [-0.25, -0.2) is 4.79 Å². The zero-order valence-corrected chi connectivity index (χ0v) is 13.9. The van der Waals surface area contributed by atoms with Crippen molar-refractivity contribution in [2.75, 3.05) is 0 Å². The number of unbranched alkanes of at least 4 members (excludes halogenated alkanes) is 8. The van der Waals surface area contributed by atoms with E-state index in [2.05, 4.69) is 37.9 Å². The molecule has 0 atom stereocenters. The van der Waals surface area contributed by atoms with Gasteiger partial charge < -0.3 is 5.11 Å². The molecule has 0 fully saturated rings. The van der Waals surface area contributed by atoms with Crippen LogP contribution in [0.15, 0.2) is 21.6 Å². The van der Waals surface area contributed by atoms with Gasteiger partial charge in [-0.05, 0) is 57.5 Å². The Labute approximate surface area is 127 Å². The van der Waals surface area contributed by atoms with Crippen LogP contribution in [0.1, 0.15) is 57.8 Å². The van der Waals surface area contributed by atoms with Crippen LogP contribution >= 0.6 is 31.9 Å². The molecule has 0 aromatic rings. The number of rotatable bonds is 11. The van der Waals surface area contributed by atoms with Crippen molar-refractivity contribution in [1.29, 1.82) is 0 Å². The van der Waals surface area contributed by atoms with Crippen molar-refractivity contribution in [3.63, 3.8) is 0 Å². The molecule has 0 aliphatic heterocycles. The standard InChI is InChI=1S/C14H22Br2O2/c15-13(16)11-9-7-5-3-1-2-4-6-8-10-12-14(17)18/h10-12H,1-9H2,(H,17,18). The second-order valence-electron chi connectivity index (χ2n) is 4.29. The molecule has 1 N–H and O–H groups in total. The van der Waals surface area contributed by atoms with Crippen LogP contribution in [0.2, 0.25) is 0 Å². The molecule has 0 bridgehead atoms. The van der Waals surface area contributed by atoms with Gasteiger partial charge in [-0.2, -0.15) is 0 Å². The van der Waals surface area contributed by atoms with Gasteiger partial charge in [0.15, 0.2) is 0 Å². The zero-order chi connectivity index (χ0) is 13.6. The van der Waals surface area contributed by atoms with Crippen molar-refractivity contribution in [2.24, 2.45) is 0 Å². The maximum Gasteiger partial charge on any atom is 0.327 e. The summed E-state index contributed by atoms with van der Waals surface area (Å²) in [5, 5.41) is 8.39. The van der Waals surface area contributed by atoms with Crippen molar-refractivity contribution in [3.8, 4) is 0 Å². The second kappa shape index (κ2) is 13.3. The summed E-state index contributed by atoms with van der Waals surface area (Å²) in [5.41, 5.74) is 0. The van der Waals surface area contributed by atoms with Crippen molar-refractivity contribution in [2.45, 2.75) is 57.8 Å². The van der Waals surface area contributed by atoms with E-state index in [4.69, 9.17) is 5.11 Å². The molecular formula is C14H22Br2O2. The molecule has 0 aliphatic rings. The molecule has 0 amide bonds. The van der Waals surface area contributed by atoms with E-state index in [1.807, 2.05) is 0 Å². The molecule has 18 heavy (non-hydrogen) atoms. The third kappa shape index (κ3) is 15.9. The monoisotopic (exact) mass is 380 g/mol. The normalized spacial score (nSPS) is 10.8. The number of carboxylic acid groups (broad SMARTS) is 1. The predicted molar refractivity (Wildman–Crippen MR) is 84.3 cm³/mol. The SMILES string of the molecule is O=C(O)C=CCCCCCCCCCC=C(Br)Br. The molecule has 0 saturated carbocycles. The lowest BCUT2D eigenvalue weighted by atomic mass is 10.1. The first-order valence-corrected chi connectivity index (χ1v) is 8.12. The molecule has 0 heterocycles. The first-order chi connectivity index (χ1) is 8.63. The topological polar surface area (TPSA) is 37.3 Å². The first-order valence-electron chi connectivity index (χ1n) is 6.53. The smallest absolute Gasteiger partial charge is 0.327 e. The Hall–Kier alpha value is -0.0900. The third-order valence-electron chi connectivity index (χ3n) is 2.63. The van der Waals surface area contributed by atoms with Gasteiger partial charge in [0.25, 0.3) is 0 Å². The maximum absolute atomic E-state index is 10.2. The number of allylic oxidation sites excluding steroid dienone is 2. The zero-order valence-electron chi connectivity index (χ0n) is 10.7. The fraction of sp³-hybridized carbons (Fsp3) is 0.643.